The molecule has 1 heterocycles. The summed E-state index contributed by atoms with van der Waals surface area (Å²) in [6.07, 6.45) is 0.431. The van der Waals surface area contributed by atoms with Crippen molar-refractivity contribution in [1.82, 2.24) is 10.7 Å². The summed E-state index contributed by atoms with van der Waals surface area (Å²) in [6, 6.07) is 3.12. The van der Waals surface area contributed by atoms with Gasteiger partial charge in [-0.3, -0.25) is 9.59 Å². The van der Waals surface area contributed by atoms with E-state index in [-0.39, 0.29) is 36.6 Å². The van der Waals surface area contributed by atoms with E-state index >= 15 is 0 Å². The van der Waals surface area contributed by atoms with E-state index in [0.717, 1.165) is 12.1 Å². The molecule has 0 fully saturated rings. The predicted octanol–water partition coefficient (Wildman–Crippen LogP) is 0.847. The molecule has 1 aromatic carbocycles. The third kappa shape index (κ3) is 3.34. The van der Waals surface area contributed by atoms with Gasteiger partial charge >= 0.3 is 0 Å². The number of amides is 2. The Labute approximate surface area is 107 Å². The molecule has 5 nitrogen and oxygen atoms in total. The topological polar surface area (TPSA) is 70.6 Å². The van der Waals surface area contributed by atoms with Crippen LogP contribution in [0.25, 0.3) is 0 Å². The van der Waals surface area contributed by atoms with Gasteiger partial charge in [0.25, 0.3) is 5.91 Å². The Morgan fingerprint density at radius 1 is 1.37 bits per heavy atom. The van der Waals surface area contributed by atoms with Crippen LogP contribution in [0.15, 0.2) is 23.3 Å². The Balaban J connectivity index is 1.95. The van der Waals surface area contributed by atoms with Crippen molar-refractivity contribution < 1.29 is 18.4 Å². The van der Waals surface area contributed by atoms with E-state index in [4.69, 9.17) is 0 Å². The van der Waals surface area contributed by atoms with Crippen LogP contribution in [0.3, 0.4) is 0 Å². The van der Waals surface area contributed by atoms with Gasteiger partial charge in [-0.2, -0.15) is 5.10 Å². The number of rotatable bonds is 3. The van der Waals surface area contributed by atoms with Crippen molar-refractivity contribution in [1.29, 1.82) is 0 Å². The minimum Gasteiger partial charge on any atom is -0.347 e. The second kappa shape index (κ2) is 5.55. The van der Waals surface area contributed by atoms with Crippen LogP contribution < -0.4 is 10.7 Å². The fourth-order valence-corrected chi connectivity index (χ4v) is 1.58. The number of nitrogens with one attached hydrogen (secondary N) is 2. The van der Waals surface area contributed by atoms with Crippen molar-refractivity contribution >= 4 is 17.5 Å². The van der Waals surface area contributed by atoms with Crippen LogP contribution in [-0.2, 0) is 16.1 Å². The molecule has 0 spiro atoms. The Kier molecular flexibility index (Phi) is 3.84. The first kappa shape index (κ1) is 13.1. The van der Waals surface area contributed by atoms with Gasteiger partial charge < -0.3 is 5.32 Å². The Hall–Kier alpha value is -2.31. The van der Waals surface area contributed by atoms with E-state index < -0.39 is 17.5 Å². The molecule has 0 saturated carbocycles. The number of benzene rings is 1. The first-order valence-corrected chi connectivity index (χ1v) is 5.64. The summed E-state index contributed by atoms with van der Waals surface area (Å²) in [5.41, 5.74) is 2.55. The lowest BCUT2D eigenvalue weighted by Crippen LogP contribution is -2.36. The molecule has 0 aliphatic carbocycles. The average Bonchev–Trinajstić information content (AvgIpc) is 2.38. The highest BCUT2D eigenvalue weighted by molar-refractivity contribution is 6.39. The molecule has 7 heteroatoms. The number of nitrogens with zero attached hydrogens (tertiary/aromatic N) is 1. The van der Waals surface area contributed by atoms with Gasteiger partial charge in [-0.05, 0) is 6.07 Å². The number of hydrazone groups is 1. The molecule has 0 atom stereocenters. The van der Waals surface area contributed by atoms with Crippen molar-refractivity contribution in [3.8, 4) is 0 Å². The SMILES string of the molecule is O=C1CCC(C(=O)NCc2ccc(F)cc2F)=NN1. The van der Waals surface area contributed by atoms with Crippen LogP contribution in [0, 0.1) is 11.6 Å². The third-order valence-corrected chi connectivity index (χ3v) is 2.62. The van der Waals surface area contributed by atoms with Crippen LogP contribution in [0.1, 0.15) is 18.4 Å². The number of carbonyl (C=O) groups is 2. The Bertz CT molecular complexity index is 558. The molecule has 100 valence electrons. The maximum atomic E-state index is 13.3. The van der Waals surface area contributed by atoms with Gasteiger partial charge in [0.15, 0.2) is 0 Å². The lowest BCUT2D eigenvalue weighted by molar-refractivity contribution is -0.121. The average molecular weight is 267 g/mol. The zero-order valence-electron chi connectivity index (χ0n) is 9.87. The van der Waals surface area contributed by atoms with Crippen molar-refractivity contribution in [2.75, 3.05) is 0 Å². The van der Waals surface area contributed by atoms with E-state index in [1.807, 2.05) is 0 Å². The number of hydrogen-bond acceptors (Lipinski definition) is 3. The first-order chi connectivity index (χ1) is 9.06. The minimum atomic E-state index is -0.723. The van der Waals surface area contributed by atoms with Gasteiger partial charge in [-0.1, -0.05) is 6.07 Å². The zero-order valence-corrected chi connectivity index (χ0v) is 9.87. The Morgan fingerprint density at radius 3 is 2.79 bits per heavy atom. The molecule has 1 aromatic rings. The number of halogens is 2. The van der Waals surface area contributed by atoms with Gasteiger partial charge in [0.2, 0.25) is 5.91 Å². The van der Waals surface area contributed by atoms with Gasteiger partial charge in [-0.25, -0.2) is 14.2 Å². The van der Waals surface area contributed by atoms with E-state index in [1.54, 1.807) is 0 Å². The fraction of sp³-hybridized carbons (Fsp3) is 0.250. The number of carbonyl (C=O) groups excluding carboxylic acids is 2. The van der Waals surface area contributed by atoms with Crippen LogP contribution in [0.5, 0.6) is 0 Å². The highest BCUT2D eigenvalue weighted by atomic mass is 19.1. The van der Waals surface area contributed by atoms with Gasteiger partial charge in [0, 0.05) is 31.0 Å². The maximum absolute atomic E-state index is 13.3. The van der Waals surface area contributed by atoms with Crippen LogP contribution >= 0.6 is 0 Å². The first-order valence-electron chi connectivity index (χ1n) is 5.64. The molecule has 0 bridgehead atoms. The summed E-state index contributed by atoms with van der Waals surface area (Å²) in [4.78, 5) is 22.5. The molecule has 0 saturated heterocycles. The van der Waals surface area contributed by atoms with Crippen molar-refractivity contribution in [2.24, 2.45) is 5.10 Å². The summed E-state index contributed by atoms with van der Waals surface area (Å²) >= 11 is 0. The molecule has 0 radical (unpaired) electrons. The summed E-state index contributed by atoms with van der Waals surface area (Å²) in [5.74, 6) is -2.13. The summed E-state index contributed by atoms with van der Waals surface area (Å²) in [5, 5.41) is 6.07. The molecule has 2 N–H and O–H groups in total. The third-order valence-electron chi connectivity index (χ3n) is 2.62. The normalized spacial score (nSPS) is 14.6. The number of hydrogen-bond donors (Lipinski definition) is 2. The van der Waals surface area contributed by atoms with Gasteiger partial charge in [0.05, 0.1) is 0 Å². The van der Waals surface area contributed by atoms with Crippen molar-refractivity contribution in [2.45, 2.75) is 19.4 Å². The second-order valence-electron chi connectivity index (χ2n) is 4.01. The summed E-state index contributed by atoms with van der Waals surface area (Å²) in [6.45, 7) is -0.0715. The zero-order chi connectivity index (χ0) is 13.8. The van der Waals surface area contributed by atoms with Crippen molar-refractivity contribution in [3.63, 3.8) is 0 Å². The fourth-order valence-electron chi connectivity index (χ4n) is 1.58. The van der Waals surface area contributed by atoms with Crippen LogP contribution in [-0.4, -0.2) is 17.5 Å². The second-order valence-corrected chi connectivity index (χ2v) is 4.01. The van der Waals surface area contributed by atoms with Crippen LogP contribution in [0.4, 0.5) is 8.78 Å². The molecule has 19 heavy (non-hydrogen) atoms. The molecular formula is C12H11F2N3O2. The highest BCUT2D eigenvalue weighted by Gasteiger charge is 2.18. The van der Waals surface area contributed by atoms with Crippen LogP contribution in [0.2, 0.25) is 0 Å². The quantitative estimate of drug-likeness (QED) is 0.852. The van der Waals surface area contributed by atoms with E-state index in [2.05, 4.69) is 15.8 Å². The minimum absolute atomic E-state index is 0.0715. The predicted molar refractivity (Wildman–Crippen MR) is 63.0 cm³/mol. The lowest BCUT2D eigenvalue weighted by Gasteiger charge is -2.12. The Morgan fingerprint density at radius 2 is 2.16 bits per heavy atom. The smallest absolute Gasteiger partial charge is 0.267 e. The standard InChI is InChI=1S/C12H11F2N3O2/c13-8-2-1-7(9(14)5-8)6-15-12(19)10-3-4-11(18)17-16-10/h1-2,5H,3-4,6H2,(H,15,19)(H,17,18). The van der Waals surface area contributed by atoms with Crippen molar-refractivity contribution in [3.05, 3.63) is 35.4 Å². The summed E-state index contributed by atoms with van der Waals surface area (Å²) in [7, 11) is 0. The lowest BCUT2D eigenvalue weighted by atomic mass is 10.1. The molecule has 1 aliphatic rings. The largest absolute Gasteiger partial charge is 0.347 e. The highest BCUT2D eigenvalue weighted by Crippen LogP contribution is 2.09. The molecule has 0 unspecified atom stereocenters. The molecule has 2 rings (SSSR count). The van der Waals surface area contributed by atoms with E-state index in [9.17, 15) is 18.4 Å². The molecule has 0 aromatic heterocycles. The molecule has 2 amide bonds. The van der Waals surface area contributed by atoms with Gasteiger partial charge in [-0.15, -0.1) is 0 Å². The van der Waals surface area contributed by atoms with E-state index in [0.29, 0.717) is 0 Å². The molecule has 1 aliphatic heterocycles. The monoisotopic (exact) mass is 267 g/mol. The van der Waals surface area contributed by atoms with Gasteiger partial charge in [0.1, 0.15) is 17.3 Å². The maximum Gasteiger partial charge on any atom is 0.267 e. The molecular weight excluding hydrogens is 256 g/mol. The summed E-state index contributed by atoms with van der Waals surface area (Å²) < 4.78 is 26.0. The van der Waals surface area contributed by atoms with E-state index in [1.165, 1.54) is 6.07 Å².